The van der Waals surface area contributed by atoms with Crippen molar-refractivity contribution in [3.05, 3.63) is 65.7 Å². The number of nitrogens with zero attached hydrogens (tertiary/aromatic N) is 2. The third-order valence-corrected chi connectivity index (χ3v) is 5.70. The van der Waals surface area contributed by atoms with E-state index < -0.39 is 30.8 Å². The van der Waals surface area contributed by atoms with Crippen molar-refractivity contribution in [2.45, 2.75) is 57.3 Å². The zero-order valence-corrected chi connectivity index (χ0v) is 18.3. The summed E-state index contributed by atoms with van der Waals surface area (Å²) in [5, 5.41) is 14.1. The number of aliphatic hydroxyl groups is 1. The second kappa shape index (κ2) is 8.94. The molecular weight excluding hydrogens is 421 g/mol. The zero-order chi connectivity index (χ0) is 23.6. The van der Waals surface area contributed by atoms with Gasteiger partial charge < -0.3 is 9.84 Å². The van der Waals surface area contributed by atoms with E-state index >= 15 is 0 Å². The summed E-state index contributed by atoms with van der Waals surface area (Å²) in [5.41, 5.74) is -1.33. The summed E-state index contributed by atoms with van der Waals surface area (Å²) in [6.07, 6.45) is -4.97. The summed E-state index contributed by atoms with van der Waals surface area (Å²) >= 11 is 0. The second-order valence-corrected chi connectivity index (χ2v) is 8.42. The van der Waals surface area contributed by atoms with Crippen LogP contribution in [0.15, 0.2) is 59.7 Å². The molecule has 2 aromatic carbocycles. The van der Waals surface area contributed by atoms with Crippen LogP contribution in [0.25, 0.3) is 0 Å². The Morgan fingerprint density at radius 2 is 1.69 bits per heavy atom. The first-order valence-corrected chi connectivity index (χ1v) is 10.5. The van der Waals surface area contributed by atoms with E-state index in [2.05, 4.69) is 18.9 Å². The summed E-state index contributed by atoms with van der Waals surface area (Å²) in [4.78, 5) is 12.5. The molecule has 1 aliphatic heterocycles. The number of amides is 1. The smallest absolute Gasteiger partial charge is 0.438 e. The number of hydrogen-bond donors (Lipinski definition) is 1. The number of carbonyl (C=O) groups is 1. The molecule has 8 heteroatoms. The van der Waals surface area contributed by atoms with Gasteiger partial charge >= 0.3 is 6.18 Å². The van der Waals surface area contributed by atoms with Crippen molar-refractivity contribution in [2.24, 2.45) is 5.10 Å². The molecule has 0 bridgehead atoms. The number of benzene rings is 2. The monoisotopic (exact) mass is 448 g/mol. The molecule has 0 saturated heterocycles. The Hall–Kier alpha value is -2.87. The minimum Gasteiger partial charge on any atom is -0.484 e. The molecule has 32 heavy (non-hydrogen) atoms. The summed E-state index contributed by atoms with van der Waals surface area (Å²) in [6, 6.07) is 17.0. The van der Waals surface area contributed by atoms with Crippen molar-refractivity contribution in [1.82, 2.24) is 5.01 Å². The van der Waals surface area contributed by atoms with Crippen LogP contribution in [0.1, 0.15) is 51.2 Å². The lowest BCUT2D eigenvalue weighted by Gasteiger charge is -2.32. The Morgan fingerprint density at radius 1 is 1.09 bits per heavy atom. The molecule has 0 radical (unpaired) electrons. The average molecular weight is 448 g/mol. The lowest BCUT2D eigenvalue weighted by molar-refractivity contribution is -0.302. The maximum Gasteiger partial charge on any atom is 0.438 e. The summed E-state index contributed by atoms with van der Waals surface area (Å²) in [6.45, 7) is 5.27. The fourth-order valence-corrected chi connectivity index (χ4v) is 3.72. The largest absolute Gasteiger partial charge is 0.484 e. The molecule has 3 rings (SSSR count). The molecule has 2 aromatic rings. The molecule has 0 aliphatic carbocycles. The minimum absolute atomic E-state index is 0.116. The zero-order valence-electron chi connectivity index (χ0n) is 18.3. The Balaban J connectivity index is 1.70. The fraction of sp³-hybridized carbons (Fsp3) is 0.417. The highest BCUT2D eigenvalue weighted by Gasteiger charge is 2.63. The average Bonchev–Trinajstić information content (AvgIpc) is 3.11. The lowest BCUT2D eigenvalue weighted by Crippen LogP contribution is -2.57. The van der Waals surface area contributed by atoms with Crippen LogP contribution in [0.3, 0.4) is 0 Å². The van der Waals surface area contributed by atoms with Crippen LogP contribution in [0.5, 0.6) is 5.75 Å². The maximum atomic E-state index is 13.5. The number of alkyl halides is 3. The van der Waals surface area contributed by atoms with E-state index in [1.54, 1.807) is 19.1 Å². The molecule has 5 nitrogen and oxygen atoms in total. The number of halogens is 3. The van der Waals surface area contributed by atoms with E-state index in [1.165, 1.54) is 0 Å². The fourth-order valence-electron chi connectivity index (χ4n) is 3.72. The molecule has 1 N–H and O–H groups in total. The topological polar surface area (TPSA) is 62.1 Å². The SMILES string of the molecule is CCCC1=NN(C(=O)COc2ccc(C(C)(C)c3ccccc3)cc2)[C@@](O)(C(F)(F)F)C1. The van der Waals surface area contributed by atoms with E-state index in [-0.39, 0.29) is 22.6 Å². The molecule has 1 heterocycles. The van der Waals surface area contributed by atoms with Gasteiger partial charge in [0.1, 0.15) is 5.75 Å². The third kappa shape index (κ3) is 4.65. The van der Waals surface area contributed by atoms with Gasteiger partial charge in [0.25, 0.3) is 11.6 Å². The van der Waals surface area contributed by atoms with Crippen molar-refractivity contribution >= 4 is 11.6 Å². The Morgan fingerprint density at radius 3 is 2.25 bits per heavy atom. The van der Waals surface area contributed by atoms with Crippen LogP contribution in [0.2, 0.25) is 0 Å². The summed E-state index contributed by atoms with van der Waals surface area (Å²) in [5.74, 6) is -0.733. The van der Waals surface area contributed by atoms with Gasteiger partial charge in [-0.3, -0.25) is 4.79 Å². The Bertz CT molecular complexity index is 972. The molecule has 172 valence electrons. The third-order valence-electron chi connectivity index (χ3n) is 5.70. The van der Waals surface area contributed by atoms with E-state index in [0.29, 0.717) is 12.2 Å². The summed E-state index contributed by atoms with van der Waals surface area (Å²) < 4.78 is 45.8. The highest BCUT2D eigenvalue weighted by Crippen LogP contribution is 2.41. The van der Waals surface area contributed by atoms with E-state index in [1.807, 2.05) is 42.5 Å². The number of hydrazone groups is 1. The predicted molar refractivity (Wildman–Crippen MR) is 115 cm³/mol. The van der Waals surface area contributed by atoms with Crippen molar-refractivity contribution < 1.29 is 27.8 Å². The van der Waals surface area contributed by atoms with Gasteiger partial charge in [0, 0.05) is 17.5 Å². The van der Waals surface area contributed by atoms with Gasteiger partial charge in [-0.25, -0.2) is 0 Å². The van der Waals surface area contributed by atoms with Crippen molar-refractivity contribution in [3.63, 3.8) is 0 Å². The van der Waals surface area contributed by atoms with E-state index in [0.717, 1.165) is 11.1 Å². The van der Waals surface area contributed by atoms with Crippen LogP contribution in [0, 0.1) is 0 Å². The molecule has 1 atom stereocenters. The highest BCUT2D eigenvalue weighted by molar-refractivity contribution is 5.91. The number of hydrogen-bond acceptors (Lipinski definition) is 4. The predicted octanol–water partition coefficient (Wildman–Crippen LogP) is 5.03. The van der Waals surface area contributed by atoms with Crippen LogP contribution < -0.4 is 4.74 Å². The van der Waals surface area contributed by atoms with Gasteiger partial charge in [-0.15, -0.1) is 0 Å². The van der Waals surface area contributed by atoms with Crippen molar-refractivity contribution in [2.75, 3.05) is 6.61 Å². The van der Waals surface area contributed by atoms with Gasteiger partial charge in [-0.2, -0.15) is 23.3 Å². The van der Waals surface area contributed by atoms with Crippen LogP contribution in [-0.4, -0.2) is 40.2 Å². The Kier molecular flexibility index (Phi) is 6.64. The van der Waals surface area contributed by atoms with Crippen LogP contribution in [-0.2, 0) is 10.2 Å². The first-order chi connectivity index (χ1) is 15.0. The van der Waals surface area contributed by atoms with Crippen molar-refractivity contribution in [3.8, 4) is 5.75 Å². The van der Waals surface area contributed by atoms with Crippen LogP contribution >= 0.6 is 0 Å². The van der Waals surface area contributed by atoms with E-state index in [4.69, 9.17) is 4.74 Å². The molecule has 0 spiro atoms. The van der Waals surface area contributed by atoms with Gasteiger partial charge in [0.05, 0.1) is 0 Å². The molecule has 0 unspecified atom stereocenters. The van der Waals surface area contributed by atoms with Gasteiger partial charge in [0.15, 0.2) is 6.61 Å². The van der Waals surface area contributed by atoms with Crippen LogP contribution in [0.4, 0.5) is 13.2 Å². The normalized spacial score (nSPS) is 19.1. The van der Waals surface area contributed by atoms with E-state index in [9.17, 15) is 23.1 Å². The highest BCUT2D eigenvalue weighted by atomic mass is 19.4. The van der Waals surface area contributed by atoms with Gasteiger partial charge in [-0.05, 0) is 29.7 Å². The molecular formula is C24H27F3N2O3. The molecule has 0 fully saturated rings. The molecule has 0 saturated carbocycles. The molecule has 1 amide bonds. The minimum atomic E-state index is -5.04. The summed E-state index contributed by atoms with van der Waals surface area (Å²) in [7, 11) is 0. The maximum absolute atomic E-state index is 13.5. The quantitative estimate of drug-likeness (QED) is 0.646. The standard InChI is InChI=1S/C24H27F3N2O3/c1-4-8-19-15-23(31,24(25,26)27)29(28-19)21(30)16-32-20-13-11-18(12-14-20)22(2,3)17-9-6-5-7-10-17/h5-7,9-14,31H,4,8,15-16H2,1-3H3/t23-/m0/s1. The first kappa shape index (κ1) is 23.8. The number of ether oxygens (including phenoxy) is 1. The second-order valence-electron chi connectivity index (χ2n) is 8.42. The number of carbonyl (C=O) groups excluding carboxylic acids is 1. The van der Waals surface area contributed by atoms with Gasteiger partial charge in [0.2, 0.25) is 0 Å². The van der Waals surface area contributed by atoms with Gasteiger partial charge in [-0.1, -0.05) is 69.7 Å². The lowest BCUT2D eigenvalue weighted by atomic mass is 9.78. The molecule has 0 aromatic heterocycles. The number of rotatable bonds is 7. The molecule has 1 aliphatic rings. The Labute approximate surface area is 185 Å². The van der Waals surface area contributed by atoms with Crippen molar-refractivity contribution in [1.29, 1.82) is 0 Å². The first-order valence-electron chi connectivity index (χ1n) is 10.5.